The standard InChI is InChI=1S/C13H14N6OS/c1-18-16-12(15-17-18)10-8-19(6-7-20-10)13-14-9-4-2-3-5-11(9)21-13/h2-5,10H,6-8H2,1H3. The van der Waals surface area contributed by atoms with Crippen molar-refractivity contribution in [2.75, 3.05) is 24.6 Å². The zero-order chi connectivity index (χ0) is 14.2. The van der Waals surface area contributed by atoms with Gasteiger partial charge in [-0.05, 0) is 17.3 Å². The first kappa shape index (κ1) is 12.7. The van der Waals surface area contributed by atoms with Crippen LogP contribution in [0, 0.1) is 0 Å². The normalized spacial score (nSPS) is 19.3. The molecule has 21 heavy (non-hydrogen) atoms. The van der Waals surface area contributed by atoms with Gasteiger partial charge >= 0.3 is 0 Å². The maximum Gasteiger partial charge on any atom is 0.205 e. The van der Waals surface area contributed by atoms with Crippen LogP contribution in [-0.2, 0) is 11.8 Å². The summed E-state index contributed by atoms with van der Waals surface area (Å²) in [7, 11) is 1.75. The smallest absolute Gasteiger partial charge is 0.205 e. The van der Waals surface area contributed by atoms with Gasteiger partial charge in [-0.15, -0.1) is 10.2 Å². The Morgan fingerprint density at radius 1 is 1.33 bits per heavy atom. The molecule has 2 aromatic heterocycles. The van der Waals surface area contributed by atoms with Crippen molar-refractivity contribution in [2.24, 2.45) is 7.05 Å². The molecular weight excluding hydrogens is 288 g/mol. The molecule has 3 heterocycles. The third kappa shape index (κ3) is 2.36. The van der Waals surface area contributed by atoms with Crippen molar-refractivity contribution >= 4 is 26.7 Å². The highest BCUT2D eigenvalue weighted by molar-refractivity contribution is 7.22. The van der Waals surface area contributed by atoms with E-state index in [1.165, 1.54) is 9.50 Å². The number of aryl methyl sites for hydroxylation is 1. The first-order chi connectivity index (χ1) is 10.3. The lowest BCUT2D eigenvalue weighted by Gasteiger charge is -2.31. The second kappa shape index (κ2) is 5.05. The van der Waals surface area contributed by atoms with Crippen LogP contribution in [0.25, 0.3) is 10.2 Å². The molecule has 7 nitrogen and oxygen atoms in total. The molecule has 0 radical (unpaired) electrons. The highest BCUT2D eigenvalue weighted by Gasteiger charge is 2.27. The van der Waals surface area contributed by atoms with Crippen molar-refractivity contribution in [2.45, 2.75) is 6.10 Å². The minimum Gasteiger partial charge on any atom is -0.366 e. The van der Waals surface area contributed by atoms with Crippen LogP contribution < -0.4 is 4.90 Å². The number of morpholine rings is 1. The van der Waals surface area contributed by atoms with E-state index in [2.05, 4.69) is 26.4 Å². The van der Waals surface area contributed by atoms with E-state index in [0.717, 1.165) is 17.2 Å². The van der Waals surface area contributed by atoms with Gasteiger partial charge in [-0.1, -0.05) is 23.5 Å². The Hall–Kier alpha value is -2.06. The van der Waals surface area contributed by atoms with E-state index in [4.69, 9.17) is 9.72 Å². The molecule has 108 valence electrons. The van der Waals surface area contributed by atoms with Gasteiger partial charge in [0.1, 0.15) is 6.10 Å². The molecule has 0 bridgehead atoms. The Morgan fingerprint density at radius 2 is 2.24 bits per heavy atom. The lowest BCUT2D eigenvalue weighted by atomic mass is 10.3. The number of thiazole rings is 1. The third-order valence-electron chi connectivity index (χ3n) is 3.43. The summed E-state index contributed by atoms with van der Waals surface area (Å²) in [4.78, 5) is 8.38. The van der Waals surface area contributed by atoms with Crippen molar-refractivity contribution in [3.8, 4) is 0 Å². The van der Waals surface area contributed by atoms with Gasteiger partial charge in [-0.2, -0.15) is 4.80 Å². The van der Waals surface area contributed by atoms with Crippen molar-refractivity contribution in [1.82, 2.24) is 25.2 Å². The molecule has 1 atom stereocenters. The SMILES string of the molecule is Cn1nnc(C2CN(c3nc4ccccc4s3)CCO2)n1. The second-order valence-electron chi connectivity index (χ2n) is 4.91. The Bertz CT molecular complexity index is 736. The fourth-order valence-electron chi connectivity index (χ4n) is 2.40. The number of para-hydroxylation sites is 1. The molecule has 8 heteroatoms. The molecule has 4 rings (SSSR count). The topological polar surface area (TPSA) is 69.0 Å². The lowest BCUT2D eigenvalue weighted by molar-refractivity contribution is 0.0339. The number of rotatable bonds is 2. The van der Waals surface area contributed by atoms with Gasteiger partial charge in [0.2, 0.25) is 5.82 Å². The number of hydrogen-bond donors (Lipinski definition) is 0. The predicted octanol–water partition coefficient (Wildman–Crippen LogP) is 1.40. The molecule has 1 aliphatic rings. The summed E-state index contributed by atoms with van der Waals surface area (Å²) in [6.07, 6.45) is -0.153. The van der Waals surface area contributed by atoms with Gasteiger partial charge in [-0.25, -0.2) is 4.98 Å². The van der Waals surface area contributed by atoms with Gasteiger partial charge in [0.15, 0.2) is 5.13 Å². The monoisotopic (exact) mass is 302 g/mol. The molecule has 1 fully saturated rings. The van der Waals surface area contributed by atoms with Crippen LogP contribution in [0.1, 0.15) is 11.9 Å². The summed E-state index contributed by atoms with van der Waals surface area (Å²) in [5.74, 6) is 0.628. The van der Waals surface area contributed by atoms with Crippen LogP contribution in [0.5, 0.6) is 0 Å². The number of ether oxygens (including phenoxy) is 1. The fourth-order valence-corrected chi connectivity index (χ4v) is 3.40. The minimum absolute atomic E-state index is 0.153. The molecule has 1 aliphatic heterocycles. The number of tetrazole rings is 1. The van der Waals surface area contributed by atoms with Crippen LogP contribution in [-0.4, -0.2) is 44.9 Å². The number of hydrogen-bond acceptors (Lipinski definition) is 7. The van der Waals surface area contributed by atoms with Crippen LogP contribution in [0.15, 0.2) is 24.3 Å². The number of aromatic nitrogens is 5. The van der Waals surface area contributed by atoms with Gasteiger partial charge in [0, 0.05) is 6.54 Å². The van der Waals surface area contributed by atoms with Gasteiger partial charge in [-0.3, -0.25) is 0 Å². The van der Waals surface area contributed by atoms with Crippen LogP contribution >= 0.6 is 11.3 Å². The van der Waals surface area contributed by atoms with Crippen molar-refractivity contribution in [3.05, 3.63) is 30.1 Å². The molecule has 1 saturated heterocycles. The number of fused-ring (bicyclic) bond motifs is 1. The minimum atomic E-state index is -0.153. The predicted molar refractivity (Wildman–Crippen MR) is 79.3 cm³/mol. The van der Waals surface area contributed by atoms with Crippen molar-refractivity contribution in [1.29, 1.82) is 0 Å². The number of benzene rings is 1. The lowest BCUT2D eigenvalue weighted by Crippen LogP contribution is -2.38. The Morgan fingerprint density at radius 3 is 3.05 bits per heavy atom. The van der Waals surface area contributed by atoms with Crippen LogP contribution in [0.4, 0.5) is 5.13 Å². The van der Waals surface area contributed by atoms with Crippen molar-refractivity contribution < 1.29 is 4.74 Å². The average Bonchev–Trinajstić information content (AvgIpc) is 3.13. The van der Waals surface area contributed by atoms with E-state index in [1.54, 1.807) is 18.4 Å². The summed E-state index contributed by atoms with van der Waals surface area (Å²) in [6, 6.07) is 8.18. The number of nitrogens with zero attached hydrogens (tertiary/aromatic N) is 6. The van der Waals surface area contributed by atoms with E-state index in [-0.39, 0.29) is 6.10 Å². The second-order valence-corrected chi connectivity index (χ2v) is 5.92. The highest BCUT2D eigenvalue weighted by Crippen LogP contribution is 2.31. The number of anilines is 1. The van der Waals surface area contributed by atoms with E-state index in [1.807, 2.05) is 18.2 Å². The van der Waals surface area contributed by atoms with Gasteiger partial charge < -0.3 is 9.64 Å². The Balaban J connectivity index is 1.60. The summed E-state index contributed by atoms with van der Waals surface area (Å²) in [6.45, 7) is 2.17. The maximum absolute atomic E-state index is 5.76. The molecule has 0 amide bonds. The van der Waals surface area contributed by atoms with Crippen LogP contribution in [0.2, 0.25) is 0 Å². The summed E-state index contributed by atoms with van der Waals surface area (Å²) < 4.78 is 6.96. The maximum atomic E-state index is 5.76. The highest BCUT2D eigenvalue weighted by atomic mass is 32.1. The largest absolute Gasteiger partial charge is 0.366 e. The first-order valence-electron chi connectivity index (χ1n) is 6.75. The zero-order valence-electron chi connectivity index (χ0n) is 11.5. The van der Waals surface area contributed by atoms with Crippen molar-refractivity contribution in [3.63, 3.8) is 0 Å². The Labute approximate surface area is 125 Å². The molecule has 0 aliphatic carbocycles. The Kier molecular flexibility index (Phi) is 3.04. The molecule has 0 N–H and O–H groups in total. The zero-order valence-corrected chi connectivity index (χ0v) is 12.3. The summed E-state index contributed by atoms with van der Waals surface area (Å²) in [5, 5.41) is 13.2. The summed E-state index contributed by atoms with van der Waals surface area (Å²) >= 11 is 1.70. The fraction of sp³-hybridized carbons (Fsp3) is 0.385. The van der Waals surface area contributed by atoms with E-state index in [0.29, 0.717) is 19.0 Å². The van der Waals surface area contributed by atoms with Crippen LogP contribution in [0.3, 0.4) is 0 Å². The molecule has 0 saturated carbocycles. The quantitative estimate of drug-likeness (QED) is 0.712. The van der Waals surface area contributed by atoms with E-state index >= 15 is 0 Å². The molecular formula is C13H14N6OS. The molecule has 0 spiro atoms. The first-order valence-corrected chi connectivity index (χ1v) is 7.57. The van der Waals surface area contributed by atoms with E-state index in [9.17, 15) is 0 Å². The molecule has 1 aromatic carbocycles. The molecule has 3 aromatic rings. The third-order valence-corrected chi connectivity index (χ3v) is 4.53. The summed E-state index contributed by atoms with van der Waals surface area (Å²) in [5.41, 5.74) is 1.04. The van der Waals surface area contributed by atoms with E-state index < -0.39 is 0 Å². The molecule has 1 unspecified atom stereocenters. The van der Waals surface area contributed by atoms with Gasteiger partial charge in [0.25, 0.3) is 0 Å². The average molecular weight is 302 g/mol. The van der Waals surface area contributed by atoms with Gasteiger partial charge in [0.05, 0.1) is 30.4 Å².